The van der Waals surface area contributed by atoms with Crippen molar-refractivity contribution in [2.75, 3.05) is 0 Å². The van der Waals surface area contributed by atoms with Crippen molar-refractivity contribution in [1.82, 2.24) is 5.32 Å². The Morgan fingerprint density at radius 2 is 2.00 bits per heavy atom. The quantitative estimate of drug-likeness (QED) is 0.754. The molecule has 0 unspecified atom stereocenters. The molecule has 0 saturated carbocycles. The van der Waals surface area contributed by atoms with Crippen LogP contribution < -0.4 is 5.32 Å². The molecule has 1 aliphatic carbocycles. The summed E-state index contributed by atoms with van der Waals surface area (Å²) in [6, 6.07) is 11.3. The molecule has 104 valence electrons. The molecule has 0 aliphatic heterocycles. The Kier molecular flexibility index (Phi) is 6.16. The number of hydrogen-bond acceptors (Lipinski definition) is 1. The van der Waals surface area contributed by atoms with Crippen LogP contribution in [0.1, 0.15) is 51.0 Å². The largest absolute Gasteiger partial charge is 0.309 e. The number of nitrogens with one attached hydrogen (secondary N) is 1. The monoisotopic (exact) mass is 257 g/mol. The standard InChI is InChI=1S/C18H27N/c1-2-18(17-13-9-4-3-5-10-14-17)19-15-16-11-7-6-8-12-16/h6-9,11-13,17-19H,2-5,10,14-15H2,1H3/b13-9-/t17-,18+/m1/s1. The lowest BCUT2D eigenvalue weighted by Crippen LogP contribution is -2.34. The summed E-state index contributed by atoms with van der Waals surface area (Å²) in [6.07, 6.45) is 12.8. The average Bonchev–Trinajstić information content (AvgIpc) is 2.42. The van der Waals surface area contributed by atoms with Crippen LogP contribution in [0.25, 0.3) is 0 Å². The Labute approximate surface area is 118 Å². The van der Waals surface area contributed by atoms with Gasteiger partial charge in [0.25, 0.3) is 0 Å². The van der Waals surface area contributed by atoms with E-state index in [9.17, 15) is 0 Å². The van der Waals surface area contributed by atoms with E-state index < -0.39 is 0 Å². The van der Waals surface area contributed by atoms with Gasteiger partial charge in [-0.25, -0.2) is 0 Å². The van der Waals surface area contributed by atoms with Gasteiger partial charge in [-0.1, -0.05) is 62.2 Å². The summed E-state index contributed by atoms with van der Waals surface area (Å²) in [5, 5.41) is 3.75. The molecule has 0 saturated heterocycles. The summed E-state index contributed by atoms with van der Waals surface area (Å²) in [4.78, 5) is 0. The topological polar surface area (TPSA) is 12.0 Å². The highest BCUT2D eigenvalue weighted by Crippen LogP contribution is 2.21. The van der Waals surface area contributed by atoms with Gasteiger partial charge in [0.15, 0.2) is 0 Å². The first kappa shape index (κ1) is 14.3. The van der Waals surface area contributed by atoms with Crippen molar-refractivity contribution in [3.05, 3.63) is 48.0 Å². The van der Waals surface area contributed by atoms with E-state index in [4.69, 9.17) is 0 Å². The first-order valence-electron chi connectivity index (χ1n) is 7.84. The summed E-state index contributed by atoms with van der Waals surface area (Å²) < 4.78 is 0. The Morgan fingerprint density at radius 1 is 1.16 bits per heavy atom. The van der Waals surface area contributed by atoms with Crippen molar-refractivity contribution < 1.29 is 0 Å². The second kappa shape index (κ2) is 8.16. The van der Waals surface area contributed by atoms with E-state index in [1.54, 1.807) is 0 Å². The van der Waals surface area contributed by atoms with Crippen molar-refractivity contribution in [3.8, 4) is 0 Å². The second-order valence-corrected chi connectivity index (χ2v) is 5.61. The van der Waals surface area contributed by atoms with Crippen molar-refractivity contribution >= 4 is 0 Å². The van der Waals surface area contributed by atoms with Crippen LogP contribution >= 0.6 is 0 Å². The molecule has 0 aromatic heterocycles. The summed E-state index contributed by atoms with van der Waals surface area (Å²) in [7, 11) is 0. The molecule has 0 bridgehead atoms. The maximum absolute atomic E-state index is 3.75. The first-order chi connectivity index (χ1) is 9.40. The Balaban J connectivity index is 1.89. The van der Waals surface area contributed by atoms with Crippen LogP contribution in [0.3, 0.4) is 0 Å². The zero-order valence-corrected chi connectivity index (χ0v) is 12.1. The van der Waals surface area contributed by atoms with Crippen LogP contribution in [0.5, 0.6) is 0 Å². The van der Waals surface area contributed by atoms with Gasteiger partial charge in [0.2, 0.25) is 0 Å². The molecular formula is C18H27N. The first-order valence-corrected chi connectivity index (χ1v) is 7.84. The maximum atomic E-state index is 3.75. The van der Waals surface area contributed by atoms with Gasteiger partial charge in [0.05, 0.1) is 0 Å². The SMILES string of the molecule is CC[C@H](NCc1ccccc1)[C@@H]1/C=C\CCCCC1. The Morgan fingerprint density at radius 3 is 2.79 bits per heavy atom. The molecule has 1 nitrogen and oxygen atoms in total. The minimum atomic E-state index is 0.620. The fourth-order valence-corrected chi connectivity index (χ4v) is 2.96. The highest BCUT2D eigenvalue weighted by molar-refractivity contribution is 5.14. The van der Waals surface area contributed by atoms with Crippen molar-refractivity contribution in [3.63, 3.8) is 0 Å². The van der Waals surface area contributed by atoms with Gasteiger partial charge >= 0.3 is 0 Å². The molecule has 1 aromatic rings. The Bertz CT molecular complexity index is 369. The predicted molar refractivity (Wildman–Crippen MR) is 83.1 cm³/mol. The van der Waals surface area contributed by atoms with E-state index in [0.717, 1.165) is 6.54 Å². The molecule has 1 N–H and O–H groups in total. The van der Waals surface area contributed by atoms with E-state index >= 15 is 0 Å². The minimum absolute atomic E-state index is 0.620. The lowest BCUT2D eigenvalue weighted by atomic mass is 9.89. The summed E-state index contributed by atoms with van der Waals surface area (Å²) >= 11 is 0. The fourth-order valence-electron chi connectivity index (χ4n) is 2.96. The molecule has 0 heterocycles. The van der Waals surface area contributed by atoms with Gasteiger partial charge in [-0.3, -0.25) is 0 Å². The summed E-state index contributed by atoms with van der Waals surface area (Å²) in [5.41, 5.74) is 1.38. The highest BCUT2D eigenvalue weighted by Gasteiger charge is 2.17. The zero-order chi connectivity index (χ0) is 13.3. The van der Waals surface area contributed by atoms with Crippen molar-refractivity contribution in [2.45, 2.75) is 58.0 Å². The van der Waals surface area contributed by atoms with Crippen LogP contribution in [0.2, 0.25) is 0 Å². The fraction of sp³-hybridized carbons (Fsp3) is 0.556. The molecule has 1 aromatic carbocycles. The number of hydrogen-bond donors (Lipinski definition) is 1. The van der Waals surface area contributed by atoms with Gasteiger partial charge in [-0.2, -0.15) is 0 Å². The van der Waals surface area contributed by atoms with Gasteiger partial charge in [0.1, 0.15) is 0 Å². The van der Waals surface area contributed by atoms with E-state index in [1.807, 2.05) is 0 Å². The van der Waals surface area contributed by atoms with Crippen LogP contribution in [0, 0.1) is 5.92 Å². The lowest BCUT2D eigenvalue weighted by molar-refractivity contribution is 0.362. The summed E-state index contributed by atoms with van der Waals surface area (Å²) in [6.45, 7) is 3.29. The van der Waals surface area contributed by atoms with E-state index in [1.165, 1.54) is 44.1 Å². The van der Waals surface area contributed by atoms with Crippen molar-refractivity contribution in [2.24, 2.45) is 5.92 Å². The normalized spacial score (nSPS) is 23.3. The average molecular weight is 257 g/mol. The highest BCUT2D eigenvalue weighted by atomic mass is 14.9. The molecular weight excluding hydrogens is 230 g/mol. The van der Waals surface area contributed by atoms with Crippen molar-refractivity contribution in [1.29, 1.82) is 0 Å². The lowest BCUT2D eigenvalue weighted by Gasteiger charge is -2.26. The summed E-state index contributed by atoms with van der Waals surface area (Å²) in [5.74, 6) is 0.717. The molecule has 1 aliphatic rings. The number of rotatable bonds is 5. The van der Waals surface area contributed by atoms with Gasteiger partial charge in [0, 0.05) is 12.6 Å². The second-order valence-electron chi connectivity index (χ2n) is 5.61. The predicted octanol–water partition coefficient (Wildman–Crippen LogP) is 4.69. The molecule has 2 atom stereocenters. The molecule has 1 heteroatoms. The van der Waals surface area contributed by atoms with Crippen LogP contribution in [0.4, 0.5) is 0 Å². The maximum Gasteiger partial charge on any atom is 0.0208 e. The molecule has 0 amide bonds. The Hall–Kier alpha value is -1.08. The van der Waals surface area contributed by atoms with Gasteiger partial charge < -0.3 is 5.32 Å². The molecule has 2 rings (SSSR count). The van der Waals surface area contributed by atoms with Gasteiger partial charge in [-0.15, -0.1) is 0 Å². The van der Waals surface area contributed by atoms with E-state index in [-0.39, 0.29) is 0 Å². The number of benzene rings is 1. The third kappa shape index (κ3) is 4.83. The van der Waals surface area contributed by atoms with Gasteiger partial charge in [-0.05, 0) is 37.2 Å². The minimum Gasteiger partial charge on any atom is -0.309 e. The smallest absolute Gasteiger partial charge is 0.0208 e. The molecule has 0 fully saturated rings. The molecule has 0 spiro atoms. The third-order valence-corrected chi connectivity index (χ3v) is 4.16. The van der Waals surface area contributed by atoms with Crippen LogP contribution in [-0.2, 0) is 6.54 Å². The third-order valence-electron chi connectivity index (χ3n) is 4.16. The van der Waals surface area contributed by atoms with Crippen LogP contribution in [0.15, 0.2) is 42.5 Å². The van der Waals surface area contributed by atoms with E-state index in [2.05, 4.69) is 54.7 Å². The number of allylic oxidation sites excluding steroid dienone is 1. The molecule has 0 radical (unpaired) electrons. The van der Waals surface area contributed by atoms with E-state index in [0.29, 0.717) is 12.0 Å². The molecule has 19 heavy (non-hydrogen) atoms. The van der Waals surface area contributed by atoms with Crippen LogP contribution in [-0.4, -0.2) is 6.04 Å². The zero-order valence-electron chi connectivity index (χ0n) is 12.1.